The van der Waals surface area contributed by atoms with Crippen LogP contribution in [0.5, 0.6) is 0 Å². The van der Waals surface area contributed by atoms with E-state index in [2.05, 4.69) is 10.6 Å². The second-order valence-electron chi connectivity index (χ2n) is 7.45. The number of hydrogen-bond donors (Lipinski definition) is 2. The zero-order chi connectivity index (χ0) is 18.4. The van der Waals surface area contributed by atoms with Crippen molar-refractivity contribution in [2.75, 3.05) is 18.4 Å². The van der Waals surface area contributed by atoms with Crippen molar-refractivity contribution in [3.63, 3.8) is 0 Å². The van der Waals surface area contributed by atoms with Crippen molar-refractivity contribution in [2.24, 2.45) is 5.41 Å². The van der Waals surface area contributed by atoms with E-state index in [0.29, 0.717) is 11.3 Å². The Bertz CT molecular complexity index is 644. The summed E-state index contributed by atoms with van der Waals surface area (Å²) in [5.41, 5.74) is 0.813. The van der Waals surface area contributed by atoms with Crippen molar-refractivity contribution in [1.82, 2.24) is 10.2 Å². The van der Waals surface area contributed by atoms with Gasteiger partial charge < -0.3 is 15.5 Å². The molecule has 1 aliphatic rings. The molecule has 1 aromatic carbocycles. The molecule has 0 bridgehead atoms. The Balaban J connectivity index is 2.01. The molecule has 0 atom stereocenters. The highest BCUT2D eigenvalue weighted by molar-refractivity contribution is 7.80. The van der Waals surface area contributed by atoms with Crippen molar-refractivity contribution >= 4 is 34.8 Å². The van der Waals surface area contributed by atoms with Crippen LogP contribution in [0.15, 0.2) is 24.3 Å². The van der Waals surface area contributed by atoms with Crippen LogP contribution in [0, 0.1) is 5.41 Å². The van der Waals surface area contributed by atoms with E-state index >= 15 is 0 Å². The van der Waals surface area contributed by atoms with Gasteiger partial charge in [0.25, 0.3) is 5.91 Å². The summed E-state index contributed by atoms with van der Waals surface area (Å²) in [6.45, 7) is 7.11. The molecule has 1 heterocycles. The van der Waals surface area contributed by atoms with Gasteiger partial charge in [-0.05, 0) is 43.3 Å². The number of amides is 2. The molecule has 1 aromatic rings. The summed E-state index contributed by atoms with van der Waals surface area (Å²) in [4.78, 5) is 26.6. The Hall–Kier alpha value is -1.95. The molecule has 136 valence electrons. The third-order valence-electron chi connectivity index (χ3n) is 4.17. The van der Waals surface area contributed by atoms with Gasteiger partial charge in [-0.15, -0.1) is 0 Å². The number of carbonyl (C=O) groups excluding carboxylic acids is 2. The average molecular weight is 362 g/mol. The van der Waals surface area contributed by atoms with E-state index in [1.807, 2.05) is 43.9 Å². The minimum Gasteiger partial charge on any atom is -0.339 e. The Morgan fingerprint density at radius 2 is 1.72 bits per heavy atom. The van der Waals surface area contributed by atoms with E-state index in [-0.39, 0.29) is 16.9 Å². The van der Waals surface area contributed by atoms with Crippen LogP contribution in [0.4, 0.5) is 5.69 Å². The van der Waals surface area contributed by atoms with Gasteiger partial charge in [0.15, 0.2) is 5.11 Å². The lowest BCUT2D eigenvalue weighted by Gasteiger charge is -2.21. The minimum atomic E-state index is -0.518. The number of rotatable bonds is 2. The molecule has 0 radical (unpaired) electrons. The maximum Gasteiger partial charge on any atom is 0.253 e. The molecular weight excluding hydrogens is 334 g/mol. The van der Waals surface area contributed by atoms with Gasteiger partial charge in [0, 0.05) is 29.8 Å². The van der Waals surface area contributed by atoms with E-state index in [1.165, 1.54) is 12.8 Å². The summed E-state index contributed by atoms with van der Waals surface area (Å²) >= 11 is 5.19. The molecule has 0 unspecified atom stereocenters. The van der Waals surface area contributed by atoms with Crippen molar-refractivity contribution < 1.29 is 9.59 Å². The summed E-state index contributed by atoms with van der Waals surface area (Å²) in [5, 5.41) is 5.89. The lowest BCUT2D eigenvalue weighted by molar-refractivity contribution is -0.126. The fourth-order valence-electron chi connectivity index (χ4n) is 2.64. The topological polar surface area (TPSA) is 61.4 Å². The van der Waals surface area contributed by atoms with Gasteiger partial charge in [-0.3, -0.25) is 9.59 Å². The number of nitrogens with one attached hydrogen (secondary N) is 2. The molecule has 0 saturated carbocycles. The van der Waals surface area contributed by atoms with Crippen molar-refractivity contribution in [2.45, 2.75) is 46.5 Å². The highest BCUT2D eigenvalue weighted by atomic mass is 32.1. The molecule has 2 amide bonds. The number of thiocarbonyl (C=S) groups is 1. The van der Waals surface area contributed by atoms with Gasteiger partial charge in [-0.1, -0.05) is 39.7 Å². The van der Waals surface area contributed by atoms with Gasteiger partial charge in [-0.25, -0.2) is 0 Å². The Morgan fingerprint density at radius 1 is 1.08 bits per heavy atom. The highest BCUT2D eigenvalue weighted by Gasteiger charge is 2.22. The van der Waals surface area contributed by atoms with Crippen LogP contribution in [-0.4, -0.2) is 34.9 Å². The molecule has 0 spiro atoms. The third kappa shape index (κ3) is 5.81. The molecule has 25 heavy (non-hydrogen) atoms. The van der Waals surface area contributed by atoms with Crippen molar-refractivity contribution in [3.05, 3.63) is 29.8 Å². The number of nitrogens with zero attached hydrogens (tertiary/aromatic N) is 1. The SMILES string of the molecule is CC(C)(C)C(=O)NC(=S)Nc1cccc(C(=O)N2CCCCCC2)c1. The number of hydrogen-bond acceptors (Lipinski definition) is 3. The van der Waals surface area contributed by atoms with Gasteiger partial charge in [0.05, 0.1) is 0 Å². The quantitative estimate of drug-likeness (QED) is 0.791. The predicted octanol–water partition coefficient (Wildman–Crippen LogP) is 3.56. The Kier molecular flexibility index (Phi) is 6.53. The first-order chi connectivity index (χ1) is 11.8. The van der Waals surface area contributed by atoms with Crippen LogP contribution in [0.3, 0.4) is 0 Å². The van der Waals surface area contributed by atoms with Crippen LogP contribution in [0.25, 0.3) is 0 Å². The lowest BCUT2D eigenvalue weighted by atomic mass is 9.96. The maximum absolute atomic E-state index is 12.7. The number of carbonyl (C=O) groups is 2. The summed E-state index contributed by atoms with van der Waals surface area (Å²) in [6, 6.07) is 7.24. The second-order valence-corrected chi connectivity index (χ2v) is 7.85. The molecule has 2 rings (SSSR count). The number of likely N-dealkylation sites (tertiary alicyclic amines) is 1. The molecule has 2 N–H and O–H groups in total. The number of benzene rings is 1. The minimum absolute atomic E-state index is 0.0511. The van der Waals surface area contributed by atoms with E-state index in [0.717, 1.165) is 25.9 Å². The molecule has 5 nitrogen and oxygen atoms in total. The molecule has 0 aromatic heterocycles. The molecule has 6 heteroatoms. The normalized spacial score (nSPS) is 15.2. The number of anilines is 1. The molecular formula is C19H27N3O2S. The average Bonchev–Trinajstić information content (AvgIpc) is 2.82. The van der Waals surface area contributed by atoms with Crippen molar-refractivity contribution in [3.8, 4) is 0 Å². The summed E-state index contributed by atoms with van der Waals surface area (Å²) in [7, 11) is 0. The first-order valence-corrected chi connectivity index (χ1v) is 9.20. The molecule has 1 saturated heterocycles. The van der Waals surface area contributed by atoms with E-state index in [9.17, 15) is 9.59 Å². The Morgan fingerprint density at radius 3 is 2.32 bits per heavy atom. The summed E-state index contributed by atoms with van der Waals surface area (Å²) in [6.07, 6.45) is 4.50. The Labute approximate surface area is 155 Å². The van der Waals surface area contributed by atoms with E-state index < -0.39 is 5.41 Å². The van der Waals surface area contributed by atoms with Crippen LogP contribution in [-0.2, 0) is 4.79 Å². The largest absolute Gasteiger partial charge is 0.339 e. The first kappa shape index (κ1) is 19.4. The van der Waals surface area contributed by atoms with Crippen LogP contribution in [0.1, 0.15) is 56.8 Å². The third-order valence-corrected chi connectivity index (χ3v) is 4.37. The van der Waals surface area contributed by atoms with E-state index in [1.54, 1.807) is 6.07 Å². The van der Waals surface area contributed by atoms with Gasteiger partial charge in [0.2, 0.25) is 5.91 Å². The van der Waals surface area contributed by atoms with Gasteiger partial charge in [-0.2, -0.15) is 0 Å². The monoisotopic (exact) mass is 361 g/mol. The van der Waals surface area contributed by atoms with Gasteiger partial charge >= 0.3 is 0 Å². The van der Waals surface area contributed by atoms with Crippen LogP contribution in [0.2, 0.25) is 0 Å². The fourth-order valence-corrected chi connectivity index (χ4v) is 2.85. The maximum atomic E-state index is 12.7. The van der Waals surface area contributed by atoms with Crippen LogP contribution >= 0.6 is 12.2 Å². The van der Waals surface area contributed by atoms with E-state index in [4.69, 9.17) is 12.2 Å². The highest BCUT2D eigenvalue weighted by Crippen LogP contribution is 2.17. The molecule has 0 aliphatic carbocycles. The standard InChI is InChI=1S/C19H27N3O2S/c1-19(2,3)17(24)21-18(25)20-15-10-8-9-14(13-15)16(23)22-11-6-4-5-7-12-22/h8-10,13H,4-7,11-12H2,1-3H3,(H2,20,21,24,25). The fraction of sp³-hybridized carbons (Fsp3) is 0.526. The summed E-state index contributed by atoms with van der Waals surface area (Å²) < 4.78 is 0. The lowest BCUT2D eigenvalue weighted by Crippen LogP contribution is -2.41. The van der Waals surface area contributed by atoms with Crippen LogP contribution < -0.4 is 10.6 Å². The van der Waals surface area contributed by atoms with Gasteiger partial charge in [0.1, 0.15) is 0 Å². The molecule has 1 aliphatic heterocycles. The molecule has 1 fully saturated rings. The summed E-state index contributed by atoms with van der Waals surface area (Å²) in [5.74, 6) is -0.100. The first-order valence-electron chi connectivity index (χ1n) is 8.79. The zero-order valence-corrected chi connectivity index (χ0v) is 16.0. The zero-order valence-electron chi connectivity index (χ0n) is 15.2. The van der Waals surface area contributed by atoms with Crippen molar-refractivity contribution in [1.29, 1.82) is 0 Å². The predicted molar refractivity (Wildman–Crippen MR) is 105 cm³/mol. The second kappa shape index (κ2) is 8.43. The smallest absolute Gasteiger partial charge is 0.253 e.